The third kappa shape index (κ3) is 4.13. The van der Waals surface area contributed by atoms with E-state index < -0.39 is 17.6 Å². The first-order valence-electron chi connectivity index (χ1n) is 8.50. The lowest BCUT2D eigenvalue weighted by Crippen LogP contribution is -2.36. The van der Waals surface area contributed by atoms with Gasteiger partial charge < -0.3 is 23.7 Å². The van der Waals surface area contributed by atoms with Gasteiger partial charge in [0.2, 0.25) is 0 Å². The fourth-order valence-electron chi connectivity index (χ4n) is 2.96. The second-order valence-corrected chi connectivity index (χ2v) is 6.93. The van der Waals surface area contributed by atoms with E-state index in [1.165, 1.54) is 25.1 Å². The Morgan fingerprint density at radius 3 is 2.85 bits per heavy atom. The first-order valence-corrected chi connectivity index (χ1v) is 9.38. The van der Waals surface area contributed by atoms with Crippen LogP contribution in [0.25, 0.3) is 0 Å². The van der Waals surface area contributed by atoms with Crippen LogP contribution in [0.1, 0.15) is 19.8 Å². The molecule has 1 spiro atoms. The van der Waals surface area contributed by atoms with Crippen molar-refractivity contribution in [2.24, 2.45) is 0 Å². The number of benzene rings is 1. The maximum atomic E-state index is 14.1. The zero-order chi connectivity index (χ0) is 18.6. The summed E-state index contributed by atoms with van der Waals surface area (Å²) in [5.41, 5.74) is 0.805. The van der Waals surface area contributed by atoms with E-state index in [1.54, 1.807) is 25.1 Å². The molecule has 1 aliphatic carbocycles. The average Bonchev–Trinajstić information content (AvgIpc) is 3.09. The fraction of sp³-hybridized carbons (Fsp3) is 0.500. The predicted octanol–water partition coefficient (Wildman–Crippen LogP) is 3.29. The van der Waals surface area contributed by atoms with Crippen molar-refractivity contribution in [3.8, 4) is 5.75 Å². The van der Waals surface area contributed by atoms with E-state index in [0.717, 1.165) is 0 Å². The van der Waals surface area contributed by atoms with Crippen LogP contribution in [0.3, 0.4) is 0 Å². The molecule has 26 heavy (non-hydrogen) atoms. The standard InChI is InChI=1S/C18H22FNO5S/c1-3-23-17(21)13-11-18(24-8-9-25-18)7-6-16(13)26-20-15-5-4-12(22-2)10-14(15)19/h4-5,10-11,16,20H,3,6-9H2,1-2H3. The van der Waals surface area contributed by atoms with Gasteiger partial charge in [-0.05, 0) is 43.5 Å². The Balaban J connectivity index is 1.74. The van der Waals surface area contributed by atoms with Gasteiger partial charge in [0, 0.05) is 12.5 Å². The molecule has 1 aromatic rings. The van der Waals surface area contributed by atoms with Crippen LogP contribution in [0.5, 0.6) is 5.75 Å². The highest BCUT2D eigenvalue weighted by molar-refractivity contribution is 8.01. The maximum Gasteiger partial charge on any atom is 0.335 e. The molecule has 0 amide bonds. The molecule has 0 aromatic heterocycles. The molecule has 8 heteroatoms. The van der Waals surface area contributed by atoms with Gasteiger partial charge in [0.25, 0.3) is 0 Å². The van der Waals surface area contributed by atoms with E-state index in [9.17, 15) is 9.18 Å². The third-order valence-electron chi connectivity index (χ3n) is 4.25. The second-order valence-electron chi connectivity index (χ2n) is 5.92. The number of anilines is 1. The summed E-state index contributed by atoms with van der Waals surface area (Å²) in [6.45, 7) is 3.04. The lowest BCUT2D eigenvalue weighted by atomic mass is 9.94. The predicted molar refractivity (Wildman–Crippen MR) is 96.5 cm³/mol. The lowest BCUT2D eigenvalue weighted by Gasteiger charge is -2.33. The number of ether oxygens (including phenoxy) is 4. The summed E-state index contributed by atoms with van der Waals surface area (Å²) in [7, 11) is 1.48. The molecule has 1 aromatic carbocycles. The lowest BCUT2D eigenvalue weighted by molar-refractivity contribution is -0.142. The summed E-state index contributed by atoms with van der Waals surface area (Å²) in [6, 6.07) is 4.58. The number of hydrogen-bond donors (Lipinski definition) is 1. The highest BCUT2D eigenvalue weighted by Crippen LogP contribution is 2.39. The summed E-state index contributed by atoms with van der Waals surface area (Å²) in [4.78, 5) is 12.4. The molecule has 1 fully saturated rings. The van der Waals surface area contributed by atoms with Gasteiger partial charge in [0.05, 0.1) is 43.4 Å². The zero-order valence-electron chi connectivity index (χ0n) is 14.7. The molecule has 0 radical (unpaired) electrons. The van der Waals surface area contributed by atoms with Crippen molar-refractivity contribution in [2.75, 3.05) is 31.7 Å². The number of hydrogen-bond acceptors (Lipinski definition) is 7. The normalized spacial score (nSPS) is 21.3. The van der Waals surface area contributed by atoms with Crippen molar-refractivity contribution in [1.82, 2.24) is 0 Å². The number of methoxy groups -OCH3 is 1. The van der Waals surface area contributed by atoms with Crippen molar-refractivity contribution in [2.45, 2.75) is 30.8 Å². The van der Waals surface area contributed by atoms with Crippen LogP contribution >= 0.6 is 11.9 Å². The maximum absolute atomic E-state index is 14.1. The van der Waals surface area contributed by atoms with Gasteiger partial charge >= 0.3 is 5.97 Å². The number of nitrogens with one attached hydrogen (secondary N) is 1. The molecule has 1 heterocycles. The highest BCUT2D eigenvalue weighted by atomic mass is 32.2. The molecule has 142 valence electrons. The molecule has 1 N–H and O–H groups in total. The van der Waals surface area contributed by atoms with Crippen LogP contribution in [0, 0.1) is 5.82 Å². The molecule has 0 bridgehead atoms. The van der Waals surface area contributed by atoms with E-state index >= 15 is 0 Å². The third-order valence-corrected chi connectivity index (χ3v) is 5.36. The monoisotopic (exact) mass is 383 g/mol. The minimum atomic E-state index is -0.843. The largest absolute Gasteiger partial charge is 0.497 e. The van der Waals surface area contributed by atoms with Crippen LogP contribution in [-0.2, 0) is 19.0 Å². The van der Waals surface area contributed by atoms with Gasteiger partial charge in [-0.15, -0.1) is 0 Å². The quantitative estimate of drug-likeness (QED) is 0.597. The number of carbonyl (C=O) groups excluding carboxylic acids is 1. The summed E-state index contributed by atoms with van der Waals surface area (Å²) in [6.07, 6.45) is 2.98. The van der Waals surface area contributed by atoms with Gasteiger partial charge in [0.15, 0.2) is 11.6 Å². The number of halogens is 1. The smallest absolute Gasteiger partial charge is 0.335 e. The van der Waals surface area contributed by atoms with Crippen LogP contribution < -0.4 is 9.46 Å². The Morgan fingerprint density at radius 2 is 2.19 bits per heavy atom. The minimum Gasteiger partial charge on any atom is -0.497 e. The van der Waals surface area contributed by atoms with Crippen molar-refractivity contribution < 1.29 is 28.1 Å². The van der Waals surface area contributed by atoms with Crippen LogP contribution in [0.2, 0.25) is 0 Å². The van der Waals surface area contributed by atoms with E-state index in [2.05, 4.69) is 4.72 Å². The summed E-state index contributed by atoms with van der Waals surface area (Å²) in [5, 5.41) is -0.200. The van der Waals surface area contributed by atoms with Gasteiger partial charge in [-0.3, -0.25) is 0 Å². The first-order chi connectivity index (χ1) is 12.6. The first kappa shape index (κ1) is 19.0. The Morgan fingerprint density at radius 1 is 1.42 bits per heavy atom. The molecule has 1 atom stereocenters. The molecule has 1 unspecified atom stereocenters. The Labute approximate surface area is 156 Å². The van der Waals surface area contributed by atoms with Gasteiger partial charge in [0.1, 0.15) is 5.75 Å². The van der Waals surface area contributed by atoms with Crippen LogP contribution in [0.15, 0.2) is 29.8 Å². The molecular weight excluding hydrogens is 361 g/mol. The van der Waals surface area contributed by atoms with Crippen molar-refractivity contribution in [1.29, 1.82) is 0 Å². The summed E-state index contributed by atoms with van der Waals surface area (Å²) >= 11 is 1.27. The summed E-state index contributed by atoms with van der Waals surface area (Å²) in [5.74, 6) is -1.22. The SMILES string of the molecule is CCOC(=O)C1=CC2(CCC1SNc1ccc(OC)cc1F)OCCO2. The Kier molecular flexibility index (Phi) is 6.05. The van der Waals surface area contributed by atoms with Gasteiger partial charge in [-0.1, -0.05) is 0 Å². The second kappa shape index (κ2) is 8.28. The molecule has 6 nitrogen and oxygen atoms in total. The van der Waals surface area contributed by atoms with Crippen molar-refractivity contribution in [3.63, 3.8) is 0 Å². The average molecular weight is 383 g/mol. The minimum absolute atomic E-state index is 0.200. The fourth-order valence-corrected chi connectivity index (χ4v) is 3.92. The zero-order valence-corrected chi connectivity index (χ0v) is 15.6. The number of carbonyl (C=O) groups is 1. The van der Waals surface area contributed by atoms with E-state index in [1.807, 2.05) is 0 Å². The Bertz CT molecular complexity index is 690. The number of rotatable bonds is 6. The Hall–Kier alpha value is -1.77. The van der Waals surface area contributed by atoms with E-state index in [0.29, 0.717) is 43.1 Å². The van der Waals surface area contributed by atoms with Crippen molar-refractivity contribution >= 4 is 23.6 Å². The molecule has 2 aliphatic rings. The van der Waals surface area contributed by atoms with Gasteiger partial charge in [-0.25, -0.2) is 9.18 Å². The summed E-state index contributed by atoms with van der Waals surface area (Å²) < 4.78 is 38.6. The molecule has 1 aliphatic heterocycles. The molecule has 0 saturated carbocycles. The van der Waals surface area contributed by atoms with Crippen LogP contribution in [0.4, 0.5) is 10.1 Å². The highest BCUT2D eigenvalue weighted by Gasteiger charge is 2.42. The van der Waals surface area contributed by atoms with E-state index in [-0.39, 0.29) is 11.9 Å². The van der Waals surface area contributed by atoms with Crippen LogP contribution in [-0.4, -0.2) is 43.9 Å². The number of esters is 1. The van der Waals surface area contributed by atoms with E-state index in [4.69, 9.17) is 18.9 Å². The molecular formula is C18H22FNO5S. The molecule has 1 saturated heterocycles. The van der Waals surface area contributed by atoms with Crippen molar-refractivity contribution in [3.05, 3.63) is 35.7 Å². The molecule has 3 rings (SSSR count). The topological polar surface area (TPSA) is 66.0 Å². The van der Waals surface area contributed by atoms with Gasteiger partial charge in [-0.2, -0.15) is 0 Å².